The lowest BCUT2D eigenvalue weighted by Crippen LogP contribution is -2.14. The first-order valence-corrected chi connectivity index (χ1v) is 5.80. The fourth-order valence-corrected chi connectivity index (χ4v) is 1.76. The number of aryl methyl sites for hydroxylation is 2. The smallest absolute Gasteiger partial charge is 0.259 e. The number of halogens is 1. The van der Waals surface area contributed by atoms with Crippen LogP contribution in [0.5, 0.6) is 0 Å². The number of carbonyl (C=O) groups excluding carboxylic acids is 1. The normalized spacial score (nSPS) is 10.4. The van der Waals surface area contributed by atoms with Crippen molar-refractivity contribution in [1.29, 1.82) is 0 Å². The molecule has 94 valence electrons. The highest BCUT2D eigenvalue weighted by atomic mass is 35.5. The molecule has 1 amide bonds. The molecule has 2 heterocycles. The number of aromatic nitrogens is 3. The zero-order valence-electron chi connectivity index (χ0n) is 10.4. The van der Waals surface area contributed by atoms with Gasteiger partial charge in [0, 0.05) is 12.7 Å². The van der Waals surface area contributed by atoms with Crippen molar-refractivity contribution in [2.24, 2.45) is 7.05 Å². The highest BCUT2D eigenvalue weighted by Crippen LogP contribution is 2.17. The first-order chi connectivity index (χ1) is 8.49. The SMILES string of the molecule is Cc1nc(Cl)ccc1NC(=O)c1cnn(C)c1C. The van der Waals surface area contributed by atoms with E-state index in [2.05, 4.69) is 15.4 Å². The van der Waals surface area contributed by atoms with Crippen LogP contribution in [0.3, 0.4) is 0 Å². The van der Waals surface area contributed by atoms with Crippen molar-refractivity contribution in [3.05, 3.63) is 40.4 Å². The predicted octanol–water partition coefficient (Wildman–Crippen LogP) is 2.34. The summed E-state index contributed by atoms with van der Waals surface area (Å²) in [5, 5.41) is 7.23. The van der Waals surface area contributed by atoms with Crippen LogP contribution in [-0.2, 0) is 7.05 Å². The van der Waals surface area contributed by atoms with Crippen LogP contribution in [0.25, 0.3) is 0 Å². The minimum atomic E-state index is -0.201. The Hall–Kier alpha value is -1.88. The first kappa shape index (κ1) is 12.6. The quantitative estimate of drug-likeness (QED) is 0.847. The third-order valence-corrected chi connectivity index (χ3v) is 2.99. The molecule has 2 aromatic rings. The second kappa shape index (κ2) is 4.78. The summed E-state index contributed by atoms with van der Waals surface area (Å²) >= 11 is 5.76. The van der Waals surface area contributed by atoms with Crippen molar-refractivity contribution in [3.8, 4) is 0 Å². The highest BCUT2D eigenvalue weighted by molar-refractivity contribution is 6.29. The Bertz CT molecular complexity index is 606. The molecule has 2 rings (SSSR count). The van der Waals surface area contributed by atoms with Gasteiger partial charge < -0.3 is 5.32 Å². The van der Waals surface area contributed by atoms with Gasteiger partial charge in [0.15, 0.2) is 0 Å². The minimum absolute atomic E-state index is 0.201. The Kier molecular flexibility index (Phi) is 3.34. The summed E-state index contributed by atoms with van der Waals surface area (Å²) in [6, 6.07) is 3.37. The van der Waals surface area contributed by atoms with Crippen LogP contribution >= 0.6 is 11.6 Å². The lowest BCUT2D eigenvalue weighted by atomic mass is 10.2. The van der Waals surface area contributed by atoms with Gasteiger partial charge in [0.2, 0.25) is 0 Å². The molecular formula is C12H13ClN4O. The van der Waals surface area contributed by atoms with Crippen LogP contribution in [0.1, 0.15) is 21.7 Å². The van der Waals surface area contributed by atoms with Crippen molar-refractivity contribution in [1.82, 2.24) is 14.8 Å². The molecule has 0 aromatic carbocycles. The van der Waals surface area contributed by atoms with Crippen molar-refractivity contribution >= 4 is 23.2 Å². The van der Waals surface area contributed by atoms with Crippen molar-refractivity contribution in [3.63, 3.8) is 0 Å². The van der Waals surface area contributed by atoms with Crippen LogP contribution in [0.2, 0.25) is 5.15 Å². The molecular weight excluding hydrogens is 252 g/mol. The number of hydrogen-bond donors (Lipinski definition) is 1. The zero-order valence-corrected chi connectivity index (χ0v) is 11.1. The summed E-state index contributed by atoms with van der Waals surface area (Å²) in [4.78, 5) is 16.1. The third-order valence-electron chi connectivity index (χ3n) is 2.78. The summed E-state index contributed by atoms with van der Waals surface area (Å²) < 4.78 is 1.65. The Morgan fingerprint density at radius 2 is 2.11 bits per heavy atom. The molecule has 0 fully saturated rings. The molecule has 6 heteroatoms. The van der Waals surface area contributed by atoms with E-state index >= 15 is 0 Å². The Morgan fingerprint density at radius 1 is 1.39 bits per heavy atom. The van der Waals surface area contributed by atoms with E-state index in [1.54, 1.807) is 37.0 Å². The number of hydrogen-bond acceptors (Lipinski definition) is 3. The van der Waals surface area contributed by atoms with E-state index in [0.717, 1.165) is 5.69 Å². The number of amides is 1. The third kappa shape index (κ3) is 2.36. The van der Waals surface area contributed by atoms with Crippen LogP contribution in [0.4, 0.5) is 5.69 Å². The maximum Gasteiger partial charge on any atom is 0.259 e. The van der Waals surface area contributed by atoms with Gasteiger partial charge in [0.1, 0.15) is 5.15 Å². The van der Waals surface area contributed by atoms with Gasteiger partial charge in [-0.2, -0.15) is 5.10 Å². The number of pyridine rings is 1. The molecule has 0 spiro atoms. The second-order valence-corrected chi connectivity index (χ2v) is 4.38. The molecule has 0 unspecified atom stereocenters. The summed E-state index contributed by atoms with van der Waals surface area (Å²) in [6.45, 7) is 3.63. The average molecular weight is 265 g/mol. The number of nitrogens with zero attached hydrogens (tertiary/aromatic N) is 3. The van der Waals surface area contributed by atoms with E-state index < -0.39 is 0 Å². The molecule has 0 saturated heterocycles. The van der Waals surface area contributed by atoms with Gasteiger partial charge >= 0.3 is 0 Å². The molecule has 0 saturated carbocycles. The maximum atomic E-state index is 12.1. The van der Waals surface area contributed by atoms with Crippen LogP contribution in [0.15, 0.2) is 18.3 Å². The van der Waals surface area contributed by atoms with Crippen LogP contribution in [0, 0.1) is 13.8 Å². The lowest BCUT2D eigenvalue weighted by Gasteiger charge is -2.07. The van der Waals surface area contributed by atoms with E-state index in [1.165, 1.54) is 0 Å². The van der Waals surface area contributed by atoms with E-state index in [0.29, 0.717) is 22.1 Å². The van der Waals surface area contributed by atoms with Gasteiger partial charge in [-0.3, -0.25) is 9.48 Å². The van der Waals surface area contributed by atoms with Crippen molar-refractivity contribution in [2.45, 2.75) is 13.8 Å². The van der Waals surface area contributed by atoms with E-state index in [-0.39, 0.29) is 5.91 Å². The average Bonchev–Trinajstić information content (AvgIpc) is 2.64. The number of nitrogens with one attached hydrogen (secondary N) is 1. The molecule has 0 bridgehead atoms. The largest absolute Gasteiger partial charge is 0.320 e. The fraction of sp³-hybridized carbons (Fsp3) is 0.250. The summed E-state index contributed by atoms with van der Waals surface area (Å²) in [6.07, 6.45) is 1.54. The first-order valence-electron chi connectivity index (χ1n) is 5.42. The number of rotatable bonds is 2. The number of carbonyl (C=O) groups is 1. The fourth-order valence-electron chi connectivity index (χ4n) is 1.57. The van der Waals surface area contributed by atoms with E-state index in [1.807, 2.05) is 6.92 Å². The standard InChI is InChI=1S/C12H13ClN4O/c1-7-10(4-5-11(13)15-7)16-12(18)9-6-14-17(3)8(9)2/h4-6H,1-3H3,(H,16,18). The second-order valence-electron chi connectivity index (χ2n) is 3.99. The Balaban J connectivity index is 2.24. The molecule has 2 aromatic heterocycles. The topological polar surface area (TPSA) is 59.8 Å². The molecule has 1 N–H and O–H groups in total. The monoisotopic (exact) mass is 264 g/mol. The lowest BCUT2D eigenvalue weighted by molar-refractivity contribution is 0.102. The van der Waals surface area contributed by atoms with E-state index in [4.69, 9.17) is 11.6 Å². The maximum absolute atomic E-state index is 12.1. The van der Waals surface area contributed by atoms with Crippen molar-refractivity contribution in [2.75, 3.05) is 5.32 Å². The van der Waals surface area contributed by atoms with Crippen LogP contribution in [-0.4, -0.2) is 20.7 Å². The van der Waals surface area contributed by atoms with Gasteiger partial charge in [-0.1, -0.05) is 11.6 Å². The Morgan fingerprint density at radius 3 is 2.67 bits per heavy atom. The van der Waals surface area contributed by atoms with Gasteiger partial charge in [0.05, 0.1) is 23.1 Å². The molecule has 5 nitrogen and oxygen atoms in total. The summed E-state index contributed by atoms with van der Waals surface area (Å²) in [7, 11) is 1.79. The molecule has 18 heavy (non-hydrogen) atoms. The molecule has 0 aliphatic carbocycles. The molecule has 0 aliphatic rings. The predicted molar refractivity (Wildman–Crippen MR) is 69.9 cm³/mol. The van der Waals surface area contributed by atoms with Crippen molar-refractivity contribution < 1.29 is 4.79 Å². The number of anilines is 1. The summed E-state index contributed by atoms with van der Waals surface area (Å²) in [5.74, 6) is -0.201. The Labute approximate surface area is 110 Å². The van der Waals surface area contributed by atoms with E-state index in [9.17, 15) is 4.79 Å². The minimum Gasteiger partial charge on any atom is -0.320 e. The van der Waals surface area contributed by atoms with Gasteiger partial charge in [-0.05, 0) is 26.0 Å². The van der Waals surface area contributed by atoms with Gasteiger partial charge in [-0.25, -0.2) is 4.98 Å². The van der Waals surface area contributed by atoms with Gasteiger partial charge in [-0.15, -0.1) is 0 Å². The molecule has 0 radical (unpaired) electrons. The molecule has 0 aliphatic heterocycles. The zero-order chi connectivity index (χ0) is 13.3. The van der Waals surface area contributed by atoms with Gasteiger partial charge in [0.25, 0.3) is 5.91 Å². The molecule has 0 atom stereocenters. The van der Waals surface area contributed by atoms with Crippen LogP contribution < -0.4 is 5.32 Å². The highest BCUT2D eigenvalue weighted by Gasteiger charge is 2.14. The summed E-state index contributed by atoms with van der Waals surface area (Å²) in [5.41, 5.74) is 2.68.